The summed E-state index contributed by atoms with van der Waals surface area (Å²) in [5.41, 5.74) is 5.78. The average molecular weight is 300 g/mol. The summed E-state index contributed by atoms with van der Waals surface area (Å²) in [6, 6.07) is 0.246. The SMILES string of the molecule is CNc1nc(N)c(C(=O)NC2CCCCC2SC)s1. The van der Waals surface area contributed by atoms with Gasteiger partial charge in [-0.1, -0.05) is 24.2 Å². The number of amides is 1. The molecule has 1 aliphatic carbocycles. The monoisotopic (exact) mass is 300 g/mol. The fourth-order valence-corrected chi connectivity index (χ4v) is 4.06. The molecule has 2 unspecified atom stereocenters. The summed E-state index contributed by atoms with van der Waals surface area (Å²) in [7, 11) is 1.77. The van der Waals surface area contributed by atoms with E-state index in [4.69, 9.17) is 5.73 Å². The van der Waals surface area contributed by atoms with Gasteiger partial charge in [0.25, 0.3) is 5.91 Å². The third kappa shape index (κ3) is 3.33. The first-order valence-corrected chi connectivity index (χ1v) is 8.54. The lowest BCUT2D eigenvalue weighted by molar-refractivity contribution is 0.0934. The molecule has 2 rings (SSSR count). The molecule has 0 saturated heterocycles. The minimum absolute atomic E-state index is 0.0950. The Kier molecular flexibility index (Phi) is 4.93. The Labute approximate surface area is 121 Å². The van der Waals surface area contributed by atoms with Crippen molar-refractivity contribution in [3.05, 3.63) is 4.88 Å². The van der Waals surface area contributed by atoms with E-state index in [2.05, 4.69) is 21.9 Å². The van der Waals surface area contributed by atoms with Gasteiger partial charge in [-0.3, -0.25) is 4.79 Å². The summed E-state index contributed by atoms with van der Waals surface area (Å²) >= 11 is 3.13. The number of nitrogens with zero attached hydrogens (tertiary/aromatic N) is 1. The molecule has 1 heterocycles. The quantitative estimate of drug-likeness (QED) is 0.794. The van der Waals surface area contributed by atoms with Crippen LogP contribution >= 0.6 is 23.1 Å². The van der Waals surface area contributed by atoms with E-state index < -0.39 is 0 Å². The van der Waals surface area contributed by atoms with E-state index in [1.165, 1.54) is 30.6 Å². The fraction of sp³-hybridized carbons (Fsp3) is 0.667. The maximum absolute atomic E-state index is 12.3. The molecule has 7 heteroatoms. The highest BCUT2D eigenvalue weighted by atomic mass is 32.2. The van der Waals surface area contributed by atoms with Gasteiger partial charge in [-0.2, -0.15) is 11.8 Å². The molecule has 4 N–H and O–H groups in total. The maximum Gasteiger partial charge on any atom is 0.265 e. The first-order valence-electron chi connectivity index (χ1n) is 6.43. The molecule has 5 nitrogen and oxygen atoms in total. The lowest BCUT2D eigenvalue weighted by Gasteiger charge is -2.30. The van der Waals surface area contributed by atoms with E-state index in [1.54, 1.807) is 7.05 Å². The average Bonchev–Trinajstić information content (AvgIpc) is 2.80. The number of thiazole rings is 1. The number of aromatic nitrogens is 1. The number of hydrogen-bond donors (Lipinski definition) is 3. The molecular formula is C12H20N4OS2. The molecule has 1 fully saturated rings. The molecule has 0 spiro atoms. The molecule has 0 aliphatic heterocycles. The van der Waals surface area contributed by atoms with Crippen LogP contribution in [0.3, 0.4) is 0 Å². The number of hydrogen-bond acceptors (Lipinski definition) is 6. The number of nitrogens with two attached hydrogens (primary N) is 1. The number of carbonyl (C=O) groups excluding carboxylic acids is 1. The van der Waals surface area contributed by atoms with Gasteiger partial charge in [-0.25, -0.2) is 4.98 Å². The molecule has 1 amide bonds. The van der Waals surface area contributed by atoms with Crippen molar-refractivity contribution in [1.29, 1.82) is 0 Å². The lowest BCUT2D eigenvalue weighted by atomic mass is 9.95. The van der Waals surface area contributed by atoms with Crippen LogP contribution in [0.15, 0.2) is 0 Å². The minimum Gasteiger partial charge on any atom is -0.382 e. The summed E-state index contributed by atoms with van der Waals surface area (Å²) in [6.07, 6.45) is 6.77. The van der Waals surface area contributed by atoms with Crippen LogP contribution in [-0.4, -0.2) is 35.5 Å². The van der Waals surface area contributed by atoms with Crippen molar-refractivity contribution in [2.24, 2.45) is 0 Å². The van der Waals surface area contributed by atoms with E-state index >= 15 is 0 Å². The van der Waals surface area contributed by atoms with Crippen molar-refractivity contribution in [1.82, 2.24) is 10.3 Å². The maximum atomic E-state index is 12.3. The number of anilines is 2. The highest BCUT2D eigenvalue weighted by Crippen LogP contribution is 2.29. The van der Waals surface area contributed by atoms with Crippen LogP contribution in [0, 0.1) is 0 Å². The Morgan fingerprint density at radius 1 is 1.47 bits per heavy atom. The number of nitrogens with one attached hydrogen (secondary N) is 2. The molecule has 1 aliphatic rings. The van der Waals surface area contributed by atoms with E-state index in [0.29, 0.717) is 21.1 Å². The van der Waals surface area contributed by atoms with Crippen LogP contribution in [0.1, 0.15) is 35.4 Å². The zero-order valence-electron chi connectivity index (χ0n) is 11.2. The van der Waals surface area contributed by atoms with Crippen molar-refractivity contribution in [3.8, 4) is 0 Å². The van der Waals surface area contributed by atoms with E-state index in [0.717, 1.165) is 6.42 Å². The van der Waals surface area contributed by atoms with Crippen molar-refractivity contribution < 1.29 is 4.79 Å². The van der Waals surface area contributed by atoms with E-state index in [-0.39, 0.29) is 11.9 Å². The lowest BCUT2D eigenvalue weighted by Crippen LogP contribution is -2.43. The fourth-order valence-electron chi connectivity index (χ4n) is 2.38. The zero-order valence-corrected chi connectivity index (χ0v) is 12.9. The van der Waals surface area contributed by atoms with Crippen LogP contribution in [0.5, 0.6) is 0 Å². The highest BCUT2D eigenvalue weighted by Gasteiger charge is 2.27. The van der Waals surface area contributed by atoms with Crippen molar-refractivity contribution >= 4 is 40.0 Å². The summed E-state index contributed by atoms with van der Waals surface area (Å²) < 4.78 is 0. The van der Waals surface area contributed by atoms with Gasteiger partial charge in [-0.15, -0.1) is 0 Å². The number of rotatable bonds is 4. The van der Waals surface area contributed by atoms with Crippen LogP contribution in [0.2, 0.25) is 0 Å². The normalized spacial score (nSPS) is 23.1. The second kappa shape index (κ2) is 6.47. The molecule has 1 saturated carbocycles. The Morgan fingerprint density at radius 3 is 2.84 bits per heavy atom. The Bertz CT molecular complexity index is 449. The molecule has 1 aromatic rings. The topological polar surface area (TPSA) is 80.0 Å². The summed E-state index contributed by atoms with van der Waals surface area (Å²) in [5, 5.41) is 7.21. The van der Waals surface area contributed by atoms with Gasteiger partial charge in [0.15, 0.2) is 5.13 Å². The van der Waals surface area contributed by atoms with Gasteiger partial charge in [0, 0.05) is 18.3 Å². The Hall–Kier alpha value is -0.950. The zero-order chi connectivity index (χ0) is 13.8. The predicted octanol–water partition coefficient (Wildman–Crippen LogP) is 2.17. The predicted molar refractivity (Wildman–Crippen MR) is 83.1 cm³/mol. The molecule has 1 aromatic heterocycles. The number of thioether (sulfide) groups is 1. The van der Waals surface area contributed by atoms with E-state index in [1.807, 2.05) is 11.8 Å². The Balaban J connectivity index is 2.05. The number of carbonyl (C=O) groups is 1. The molecule has 0 bridgehead atoms. The molecule has 19 heavy (non-hydrogen) atoms. The summed E-state index contributed by atoms with van der Waals surface area (Å²) in [6.45, 7) is 0. The first kappa shape index (κ1) is 14.5. The first-order chi connectivity index (χ1) is 9.15. The van der Waals surface area contributed by atoms with Gasteiger partial charge in [0.05, 0.1) is 0 Å². The van der Waals surface area contributed by atoms with Crippen LogP contribution in [0.4, 0.5) is 10.9 Å². The van der Waals surface area contributed by atoms with Crippen LogP contribution in [0.25, 0.3) is 0 Å². The van der Waals surface area contributed by atoms with Gasteiger partial charge in [-0.05, 0) is 19.1 Å². The van der Waals surface area contributed by atoms with Crippen molar-refractivity contribution in [2.75, 3.05) is 24.4 Å². The smallest absolute Gasteiger partial charge is 0.265 e. The van der Waals surface area contributed by atoms with Gasteiger partial charge in [0.2, 0.25) is 0 Å². The third-order valence-electron chi connectivity index (χ3n) is 3.40. The van der Waals surface area contributed by atoms with Crippen molar-refractivity contribution in [3.63, 3.8) is 0 Å². The van der Waals surface area contributed by atoms with Gasteiger partial charge >= 0.3 is 0 Å². The van der Waals surface area contributed by atoms with Crippen molar-refractivity contribution in [2.45, 2.75) is 37.0 Å². The highest BCUT2D eigenvalue weighted by molar-refractivity contribution is 7.99. The summed E-state index contributed by atoms with van der Waals surface area (Å²) in [4.78, 5) is 16.9. The minimum atomic E-state index is -0.0950. The second-order valence-corrected chi connectivity index (χ2v) is 6.70. The van der Waals surface area contributed by atoms with Crippen LogP contribution in [-0.2, 0) is 0 Å². The van der Waals surface area contributed by atoms with Crippen LogP contribution < -0.4 is 16.4 Å². The second-order valence-electron chi connectivity index (χ2n) is 4.62. The standard InChI is InChI=1S/C12H20N4OS2/c1-14-12-16-10(13)9(19-12)11(17)15-7-5-3-4-6-8(7)18-2/h7-8H,3-6,13H2,1-2H3,(H,14,16)(H,15,17). The molecule has 0 radical (unpaired) electrons. The molecular weight excluding hydrogens is 280 g/mol. The largest absolute Gasteiger partial charge is 0.382 e. The van der Waals surface area contributed by atoms with Gasteiger partial charge < -0.3 is 16.4 Å². The molecule has 2 atom stereocenters. The Morgan fingerprint density at radius 2 is 2.21 bits per heavy atom. The third-order valence-corrected chi connectivity index (χ3v) is 5.65. The molecule has 106 valence electrons. The summed E-state index contributed by atoms with van der Waals surface area (Å²) in [5.74, 6) is 0.214. The van der Waals surface area contributed by atoms with E-state index in [9.17, 15) is 4.79 Å². The van der Waals surface area contributed by atoms with Gasteiger partial charge in [0.1, 0.15) is 10.7 Å². The number of nitrogen functional groups attached to an aromatic ring is 1. The molecule has 0 aromatic carbocycles.